The van der Waals surface area contributed by atoms with Gasteiger partial charge in [0, 0.05) is 0 Å². The SMILES string of the molecule is CC(NC(=O)[C@@H](N)C(C)C)c1nn[nH]n1. The second-order valence-corrected chi connectivity index (χ2v) is 3.77. The minimum Gasteiger partial charge on any atom is -0.345 e. The molecule has 1 heterocycles. The van der Waals surface area contributed by atoms with Crippen molar-refractivity contribution in [1.29, 1.82) is 0 Å². The molecule has 1 rings (SSSR count). The summed E-state index contributed by atoms with van der Waals surface area (Å²) in [5, 5.41) is 16.0. The monoisotopic (exact) mass is 212 g/mol. The van der Waals surface area contributed by atoms with Crippen LogP contribution in [0.25, 0.3) is 0 Å². The fraction of sp³-hybridized carbons (Fsp3) is 0.750. The molecule has 0 spiro atoms. The summed E-state index contributed by atoms with van der Waals surface area (Å²) in [6.07, 6.45) is 0. The molecule has 1 aromatic heterocycles. The van der Waals surface area contributed by atoms with Crippen LogP contribution in [0.4, 0.5) is 0 Å². The van der Waals surface area contributed by atoms with E-state index in [2.05, 4.69) is 25.9 Å². The average molecular weight is 212 g/mol. The van der Waals surface area contributed by atoms with Crippen LogP contribution in [0.1, 0.15) is 32.6 Å². The van der Waals surface area contributed by atoms with Crippen LogP contribution < -0.4 is 11.1 Å². The highest BCUT2D eigenvalue weighted by Crippen LogP contribution is 2.05. The highest BCUT2D eigenvalue weighted by atomic mass is 16.2. The summed E-state index contributed by atoms with van der Waals surface area (Å²) in [5.41, 5.74) is 5.69. The van der Waals surface area contributed by atoms with Crippen molar-refractivity contribution in [2.24, 2.45) is 11.7 Å². The molecule has 0 aliphatic heterocycles. The van der Waals surface area contributed by atoms with Gasteiger partial charge in [0.25, 0.3) is 0 Å². The van der Waals surface area contributed by atoms with Crippen molar-refractivity contribution in [1.82, 2.24) is 25.9 Å². The number of hydrogen-bond acceptors (Lipinski definition) is 5. The molecule has 0 bridgehead atoms. The van der Waals surface area contributed by atoms with Crippen molar-refractivity contribution < 1.29 is 4.79 Å². The molecule has 4 N–H and O–H groups in total. The minimum atomic E-state index is -0.514. The first kappa shape index (κ1) is 11.6. The van der Waals surface area contributed by atoms with Crippen LogP contribution in [0, 0.1) is 5.92 Å². The Morgan fingerprint density at radius 3 is 2.60 bits per heavy atom. The van der Waals surface area contributed by atoms with Crippen molar-refractivity contribution in [2.75, 3.05) is 0 Å². The number of amides is 1. The maximum absolute atomic E-state index is 11.6. The van der Waals surface area contributed by atoms with Gasteiger partial charge in [0.05, 0.1) is 12.1 Å². The summed E-state index contributed by atoms with van der Waals surface area (Å²) in [7, 11) is 0. The Labute approximate surface area is 87.8 Å². The third-order valence-corrected chi connectivity index (χ3v) is 2.13. The van der Waals surface area contributed by atoms with Crippen LogP contribution in [0.5, 0.6) is 0 Å². The van der Waals surface area contributed by atoms with Crippen LogP contribution >= 0.6 is 0 Å². The molecule has 15 heavy (non-hydrogen) atoms. The summed E-state index contributed by atoms with van der Waals surface area (Å²) >= 11 is 0. The number of nitrogens with one attached hydrogen (secondary N) is 2. The summed E-state index contributed by atoms with van der Waals surface area (Å²) in [5.74, 6) is 0.337. The van der Waals surface area contributed by atoms with E-state index >= 15 is 0 Å². The highest BCUT2D eigenvalue weighted by Gasteiger charge is 2.20. The number of hydrogen-bond donors (Lipinski definition) is 3. The van der Waals surface area contributed by atoms with Gasteiger partial charge in [-0.2, -0.15) is 5.21 Å². The molecule has 7 heteroatoms. The number of H-pyrrole nitrogens is 1. The highest BCUT2D eigenvalue weighted by molar-refractivity contribution is 5.82. The number of nitrogens with zero attached hydrogens (tertiary/aromatic N) is 3. The van der Waals surface area contributed by atoms with Crippen molar-refractivity contribution >= 4 is 5.91 Å². The molecule has 0 aliphatic carbocycles. The molecule has 7 nitrogen and oxygen atoms in total. The van der Waals surface area contributed by atoms with Gasteiger partial charge in [0.2, 0.25) is 5.91 Å². The van der Waals surface area contributed by atoms with Crippen LogP contribution in [0.15, 0.2) is 0 Å². The Kier molecular flexibility index (Phi) is 3.73. The largest absolute Gasteiger partial charge is 0.345 e. The van der Waals surface area contributed by atoms with Crippen molar-refractivity contribution in [3.63, 3.8) is 0 Å². The summed E-state index contributed by atoms with van der Waals surface area (Å²) < 4.78 is 0. The molecule has 0 aromatic carbocycles. The van der Waals surface area contributed by atoms with E-state index in [1.165, 1.54) is 0 Å². The molecule has 0 aliphatic rings. The van der Waals surface area contributed by atoms with E-state index in [0.29, 0.717) is 5.82 Å². The van der Waals surface area contributed by atoms with Crippen LogP contribution in [0.2, 0.25) is 0 Å². The maximum atomic E-state index is 11.6. The Hall–Kier alpha value is -1.50. The van der Waals surface area contributed by atoms with E-state index in [1.54, 1.807) is 6.92 Å². The molecule has 1 amide bonds. The Bertz CT molecular complexity index is 309. The zero-order chi connectivity index (χ0) is 11.4. The Morgan fingerprint density at radius 1 is 1.47 bits per heavy atom. The van der Waals surface area contributed by atoms with E-state index < -0.39 is 6.04 Å². The molecular formula is C8H16N6O. The number of rotatable bonds is 4. The number of tetrazole rings is 1. The zero-order valence-corrected chi connectivity index (χ0v) is 9.06. The van der Waals surface area contributed by atoms with E-state index in [4.69, 9.17) is 5.73 Å². The van der Waals surface area contributed by atoms with Gasteiger partial charge in [-0.25, -0.2) is 0 Å². The summed E-state index contributed by atoms with van der Waals surface area (Å²) in [6.45, 7) is 5.56. The first-order valence-corrected chi connectivity index (χ1v) is 4.81. The Balaban J connectivity index is 2.52. The molecule has 0 saturated carbocycles. The third kappa shape index (κ3) is 2.98. The molecule has 0 radical (unpaired) electrons. The van der Waals surface area contributed by atoms with Crippen LogP contribution in [-0.2, 0) is 4.79 Å². The van der Waals surface area contributed by atoms with E-state index in [1.807, 2.05) is 13.8 Å². The van der Waals surface area contributed by atoms with Crippen LogP contribution in [0.3, 0.4) is 0 Å². The first-order valence-electron chi connectivity index (χ1n) is 4.81. The van der Waals surface area contributed by atoms with Crippen molar-refractivity contribution in [3.05, 3.63) is 5.82 Å². The smallest absolute Gasteiger partial charge is 0.237 e. The topological polar surface area (TPSA) is 110 Å². The van der Waals surface area contributed by atoms with Gasteiger partial charge in [-0.1, -0.05) is 19.1 Å². The van der Waals surface area contributed by atoms with E-state index in [9.17, 15) is 4.79 Å². The minimum absolute atomic E-state index is 0.0995. The van der Waals surface area contributed by atoms with Gasteiger partial charge < -0.3 is 11.1 Å². The summed E-state index contributed by atoms with van der Waals surface area (Å²) in [4.78, 5) is 11.6. The van der Waals surface area contributed by atoms with Gasteiger partial charge in [-0.3, -0.25) is 4.79 Å². The van der Waals surface area contributed by atoms with Gasteiger partial charge >= 0.3 is 0 Å². The van der Waals surface area contributed by atoms with Gasteiger partial charge in [0.15, 0.2) is 5.82 Å². The quantitative estimate of drug-likeness (QED) is 0.615. The summed E-state index contributed by atoms with van der Waals surface area (Å²) in [6, 6.07) is -0.805. The third-order valence-electron chi connectivity index (χ3n) is 2.13. The van der Waals surface area contributed by atoms with Gasteiger partial charge in [-0.15, -0.1) is 10.2 Å². The standard InChI is InChI=1S/C8H16N6O/c1-4(2)6(9)8(15)10-5(3)7-11-13-14-12-7/h4-6H,9H2,1-3H3,(H,10,15)(H,11,12,13,14)/t5?,6-/m0/s1. The lowest BCUT2D eigenvalue weighted by Crippen LogP contribution is -2.44. The lowest BCUT2D eigenvalue weighted by molar-refractivity contribution is -0.123. The van der Waals surface area contributed by atoms with E-state index in [0.717, 1.165) is 0 Å². The lowest BCUT2D eigenvalue weighted by atomic mass is 10.0. The maximum Gasteiger partial charge on any atom is 0.237 e. The molecule has 0 fully saturated rings. The fourth-order valence-corrected chi connectivity index (χ4v) is 1.03. The number of carbonyl (C=O) groups excluding carboxylic acids is 1. The van der Waals surface area contributed by atoms with Crippen molar-refractivity contribution in [3.8, 4) is 0 Å². The van der Waals surface area contributed by atoms with E-state index in [-0.39, 0.29) is 17.9 Å². The predicted octanol–water partition coefficient (Wildman–Crippen LogP) is -0.640. The van der Waals surface area contributed by atoms with Crippen LogP contribution in [-0.4, -0.2) is 32.6 Å². The van der Waals surface area contributed by atoms with Gasteiger partial charge in [-0.05, 0) is 12.8 Å². The molecule has 0 saturated heterocycles. The number of aromatic nitrogens is 4. The predicted molar refractivity (Wildman–Crippen MR) is 53.5 cm³/mol. The molecule has 1 unspecified atom stereocenters. The molecule has 84 valence electrons. The lowest BCUT2D eigenvalue weighted by Gasteiger charge is -2.17. The fourth-order valence-electron chi connectivity index (χ4n) is 1.03. The molecule has 2 atom stereocenters. The molecular weight excluding hydrogens is 196 g/mol. The molecule has 1 aromatic rings. The Morgan fingerprint density at radius 2 is 2.13 bits per heavy atom. The number of carbonyl (C=O) groups is 1. The average Bonchev–Trinajstić information content (AvgIpc) is 2.68. The normalized spacial score (nSPS) is 15.0. The second kappa shape index (κ2) is 4.83. The van der Waals surface area contributed by atoms with Gasteiger partial charge in [0.1, 0.15) is 0 Å². The number of nitrogens with two attached hydrogens (primary N) is 1. The second-order valence-electron chi connectivity index (χ2n) is 3.77. The zero-order valence-electron chi connectivity index (χ0n) is 9.06. The number of aromatic amines is 1. The van der Waals surface area contributed by atoms with Crippen molar-refractivity contribution in [2.45, 2.75) is 32.9 Å². The first-order chi connectivity index (χ1) is 7.02.